The van der Waals surface area contributed by atoms with Crippen LogP contribution >= 0.6 is 0 Å². The van der Waals surface area contributed by atoms with E-state index in [9.17, 15) is 14.4 Å². The lowest BCUT2D eigenvalue weighted by Crippen LogP contribution is -2.50. The monoisotopic (exact) mass is 331 g/mol. The predicted molar refractivity (Wildman–Crippen MR) is 92.8 cm³/mol. The second-order valence-electron chi connectivity index (χ2n) is 7.14. The molecular formula is C18H25N3O3. The van der Waals surface area contributed by atoms with Crippen LogP contribution in [-0.4, -0.2) is 52.8 Å². The molecule has 1 fully saturated rings. The average molecular weight is 331 g/mol. The number of nitrogens with one attached hydrogen (secondary N) is 1. The summed E-state index contributed by atoms with van der Waals surface area (Å²) < 4.78 is 0. The summed E-state index contributed by atoms with van der Waals surface area (Å²) in [6.07, 6.45) is 3.12. The molecule has 1 aromatic heterocycles. The molecule has 1 aliphatic heterocycles. The van der Waals surface area contributed by atoms with Gasteiger partial charge in [-0.05, 0) is 18.4 Å². The number of aromatic nitrogens is 1. The van der Waals surface area contributed by atoms with Gasteiger partial charge in [-0.25, -0.2) is 0 Å². The predicted octanol–water partition coefficient (Wildman–Crippen LogP) is 1.65. The average Bonchev–Trinajstić information content (AvgIpc) is 2.54. The first-order chi connectivity index (χ1) is 11.2. The second kappa shape index (κ2) is 7.03. The number of carbonyl (C=O) groups excluding carboxylic acids is 2. The van der Waals surface area contributed by atoms with Crippen molar-refractivity contribution in [2.24, 2.45) is 5.41 Å². The molecule has 0 saturated carbocycles. The Balaban J connectivity index is 1.96. The Hall–Kier alpha value is -2.37. The summed E-state index contributed by atoms with van der Waals surface area (Å²) in [5.74, 6) is -0.127. The summed E-state index contributed by atoms with van der Waals surface area (Å²) in [6.45, 7) is 10.2. The topological polar surface area (TPSA) is 73.5 Å². The highest BCUT2D eigenvalue weighted by Crippen LogP contribution is 2.24. The highest BCUT2D eigenvalue weighted by atomic mass is 16.2. The van der Waals surface area contributed by atoms with Crippen molar-refractivity contribution in [2.75, 3.05) is 26.2 Å². The molecule has 0 bridgehead atoms. The van der Waals surface area contributed by atoms with Crippen LogP contribution in [0.3, 0.4) is 0 Å². The Morgan fingerprint density at radius 1 is 1.08 bits per heavy atom. The smallest absolute Gasteiger partial charge is 0.255 e. The number of piperazine rings is 1. The van der Waals surface area contributed by atoms with Crippen molar-refractivity contribution in [2.45, 2.75) is 27.7 Å². The maximum absolute atomic E-state index is 12.4. The Bertz CT molecular complexity index is 684. The largest absolute Gasteiger partial charge is 0.336 e. The minimum Gasteiger partial charge on any atom is -0.336 e. The molecule has 1 saturated heterocycles. The Morgan fingerprint density at radius 3 is 2.17 bits per heavy atom. The number of H-pyrrole nitrogens is 1. The van der Waals surface area contributed by atoms with Gasteiger partial charge < -0.3 is 14.8 Å². The van der Waals surface area contributed by atoms with Crippen molar-refractivity contribution >= 4 is 11.8 Å². The van der Waals surface area contributed by atoms with Crippen LogP contribution in [0.1, 0.15) is 38.1 Å². The number of carbonyl (C=O) groups is 2. The van der Waals surface area contributed by atoms with Crippen molar-refractivity contribution in [3.63, 3.8) is 0 Å². The summed E-state index contributed by atoms with van der Waals surface area (Å²) >= 11 is 0. The second-order valence-corrected chi connectivity index (χ2v) is 7.14. The van der Waals surface area contributed by atoms with Gasteiger partial charge in [0.2, 0.25) is 11.5 Å². The van der Waals surface area contributed by atoms with E-state index in [0.29, 0.717) is 31.7 Å². The van der Waals surface area contributed by atoms with Gasteiger partial charge in [0.25, 0.3) is 5.91 Å². The van der Waals surface area contributed by atoms with E-state index in [-0.39, 0.29) is 22.8 Å². The van der Waals surface area contributed by atoms with Gasteiger partial charge in [-0.2, -0.15) is 0 Å². The number of pyridine rings is 1. The highest BCUT2D eigenvalue weighted by Gasteiger charge is 2.25. The molecule has 2 rings (SSSR count). The molecular weight excluding hydrogens is 306 g/mol. The van der Waals surface area contributed by atoms with Gasteiger partial charge in [-0.15, -0.1) is 0 Å². The van der Waals surface area contributed by atoms with Crippen molar-refractivity contribution in [1.82, 2.24) is 14.8 Å². The summed E-state index contributed by atoms with van der Waals surface area (Å²) in [5, 5.41) is 0. The lowest BCUT2D eigenvalue weighted by Gasteiger charge is -2.34. The van der Waals surface area contributed by atoms with Gasteiger partial charge >= 0.3 is 0 Å². The van der Waals surface area contributed by atoms with Crippen molar-refractivity contribution in [1.29, 1.82) is 0 Å². The standard InChI is InChI=1S/C18H25N3O3/c1-13(18(2,3)4)11-16(23)20-7-9-21(10-8-20)17(24)14-5-6-15(22)19-12-14/h5-6,11-12H,7-10H2,1-4H3,(H,19,22)/b13-11-. The molecule has 1 aromatic rings. The first-order valence-electron chi connectivity index (χ1n) is 8.14. The van der Waals surface area contributed by atoms with Crippen LogP contribution < -0.4 is 5.56 Å². The van der Waals surface area contributed by atoms with Gasteiger partial charge in [0.1, 0.15) is 0 Å². The van der Waals surface area contributed by atoms with Crippen LogP contribution in [0, 0.1) is 5.41 Å². The Kier molecular flexibility index (Phi) is 5.26. The number of hydrogen-bond donors (Lipinski definition) is 1. The van der Waals surface area contributed by atoms with Crippen molar-refractivity contribution in [3.8, 4) is 0 Å². The van der Waals surface area contributed by atoms with Crippen LogP contribution in [0.4, 0.5) is 0 Å². The van der Waals surface area contributed by atoms with Gasteiger partial charge in [0.05, 0.1) is 5.56 Å². The first-order valence-corrected chi connectivity index (χ1v) is 8.14. The zero-order valence-corrected chi connectivity index (χ0v) is 14.8. The Morgan fingerprint density at radius 2 is 1.67 bits per heavy atom. The number of nitrogens with zero attached hydrogens (tertiary/aromatic N) is 2. The first kappa shape index (κ1) is 18.0. The molecule has 1 aliphatic rings. The normalized spacial score (nSPS) is 16.2. The number of allylic oxidation sites excluding steroid dienone is 1. The third kappa shape index (κ3) is 4.34. The van der Waals surface area contributed by atoms with E-state index in [2.05, 4.69) is 25.8 Å². The van der Waals surface area contributed by atoms with Crippen LogP contribution in [0.25, 0.3) is 0 Å². The minimum absolute atomic E-state index is 0.00133. The van der Waals surface area contributed by atoms with E-state index in [1.54, 1.807) is 15.9 Å². The highest BCUT2D eigenvalue weighted by molar-refractivity contribution is 5.94. The summed E-state index contributed by atoms with van der Waals surface area (Å²) in [7, 11) is 0. The van der Waals surface area contributed by atoms with E-state index in [1.165, 1.54) is 18.3 Å². The zero-order chi connectivity index (χ0) is 17.9. The van der Waals surface area contributed by atoms with E-state index in [0.717, 1.165) is 5.57 Å². The van der Waals surface area contributed by atoms with Crippen LogP contribution in [0.15, 0.2) is 34.8 Å². The quantitative estimate of drug-likeness (QED) is 0.838. The maximum Gasteiger partial charge on any atom is 0.255 e. The molecule has 24 heavy (non-hydrogen) atoms. The molecule has 0 radical (unpaired) electrons. The molecule has 0 unspecified atom stereocenters. The van der Waals surface area contributed by atoms with E-state index in [4.69, 9.17) is 0 Å². The summed E-state index contributed by atoms with van der Waals surface area (Å²) in [5.41, 5.74) is 1.23. The molecule has 1 N–H and O–H groups in total. The Labute approximate surface area is 142 Å². The molecule has 2 amide bonds. The van der Waals surface area contributed by atoms with Crippen LogP contribution in [-0.2, 0) is 4.79 Å². The third-order valence-electron chi connectivity index (χ3n) is 4.43. The number of hydrogen-bond acceptors (Lipinski definition) is 3. The molecule has 0 aromatic carbocycles. The maximum atomic E-state index is 12.4. The number of amides is 2. The van der Waals surface area contributed by atoms with Gasteiger partial charge in [0, 0.05) is 44.5 Å². The molecule has 130 valence electrons. The lowest BCUT2D eigenvalue weighted by molar-refractivity contribution is -0.127. The van der Waals surface area contributed by atoms with E-state index < -0.39 is 0 Å². The molecule has 6 heteroatoms. The van der Waals surface area contributed by atoms with Gasteiger partial charge in [-0.1, -0.05) is 26.3 Å². The van der Waals surface area contributed by atoms with Crippen LogP contribution in [0.2, 0.25) is 0 Å². The van der Waals surface area contributed by atoms with Crippen molar-refractivity contribution in [3.05, 3.63) is 45.9 Å². The number of rotatable bonds is 2. The SMILES string of the molecule is C/C(=C/C(=O)N1CCN(C(=O)c2ccc(=O)[nH]c2)CC1)C(C)(C)C. The molecule has 2 heterocycles. The molecule has 0 spiro atoms. The van der Waals surface area contributed by atoms with Crippen LogP contribution in [0.5, 0.6) is 0 Å². The van der Waals surface area contributed by atoms with Gasteiger partial charge in [-0.3, -0.25) is 14.4 Å². The molecule has 0 aliphatic carbocycles. The summed E-state index contributed by atoms with van der Waals surface area (Å²) in [6, 6.07) is 2.86. The lowest BCUT2D eigenvalue weighted by atomic mass is 9.87. The number of aromatic amines is 1. The molecule has 6 nitrogen and oxygen atoms in total. The van der Waals surface area contributed by atoms with Crippen molar-refractivity contribution < 1.29 is 9.59 Å². The summed E-state index contributed by atoms with van der Waals surface area (Å²) in [4.78, 5) is 41.8. The molecule has 0 atom stereocenters. The van der Waals surface area contributed by atoms with E-state index >= 15 is 0 Å². The third-order valence-corrected chi connectivity index (χ3v) is 4.43. The minimum atomic E-state index is -0.233. The zero-order valence-electron chi connectivity index (χ0n) is 14.8. The fourth-order valence-electron chi connectivity index (χ4n) is 2.35. The fraction of sp³-hybridized carbons (Fsp3) is 0.500. The van der Waals surface area contributed by atoms with Gasteiger partial charge in [0.15, 0.2) is 0 Å². The van der Waals surface area contributed by atoms with E-state index in [1.807, 2.05) is 6.92 Å². The fourth-order valence-corrected chi connectivity index (χ4v) is 2.35.